The molecule has 0 spiro atoms. The predicted octanol–water partition coefficient (Wildman–Crippen LogP) is 2.54. The van der Waals surface area contributed by atoms with Crippen molar-refractivity contribution in [3.8, 4) is 5.75 Å². The van der Waals surface area contributed by atoms with Crippen molar-refractivity contribution in [1.82, 2.24) is 15.0 Å². The van der Waals surface area contributed by atoms with Crippen molar-refractivity contribution in [3.05, 3.63) is 62.9 Å². The van der Waals surface area contributed by atoms with Gasteiger partial charge in [-0.2, -0.15) is 0 Å². The standard InChI is InChI=1S/C16H13Cl2N3O3/c17-10-5-6-13(18)15(7-10)24-9-11(22)8-21-16(23)12-3-1-2-4-14(12)19-20-21/h1-7,11,22H,8-9H2. The highest BCUT2D eigenvalue weighted by Gasteiger charge is 2.12. The number of nitrogens with zero attached hydrogens (tertiary/aromatic N) is 3. The van der Waals surface area contributed by atoms with Crippen LogP contribution in [0.5, 0.6) is 5.75 Å². The Morgan fingerprint density at radius 2 is 2.00 bits per heavy atom. The van der Waals surface area contributed by atoms with E-state index in [1.54, 1.807) is 42.5 Å². The summed E-state index contributed by atoms with van der Waals surface area (Å²) < 4.78 is 6.56. The Hall–Kier alpha value is -2.15. The molecule has 1 unspecified atom stereocenters. The topological polar surface area (TPSA) is 77.2 Å². The van der Waals surface area contributed by atoms with Crippen LogP contribution in [-0.2, 0) is 6.54 Å². The highest BCUT2D eigenvalue weighted by Crippen LogP contribution is 2.27. The molecule has 1 heterocycles. The van der Waals surface area contributed by atoms with Gasteiger partial charge in [-0.3, -0.25) is 4.79 Å². The van der Waals surface area contributed by atoms with Gasteiger partial charge in [-0.25, -0.2) is 4.68 Å². The van der Waals surface area contributed by atoms with Crippen LogP contribution in [-0.4, -0.2) is 32.8 Å². The molecule has 0 saturated heterocycles. The minimum Gasteiger partial charge on any atom is -0.489 e. The third kappa shape index (κ3) is 3.67. The maximum absolute atomic E-state index is 12.3. The lowest BCUT2D eigenvalue weighted by atomic mass is 10.2. The quantitative estimate of drug-likeness (QED) is 0.751. The molecule has 0 aliphatic rings. The summed E-state index contributed by atoms with van der Waals surface area (Å²) in [5.74, 6) is 0.361. The summed E-state index contributed by atoms with van der Waals surface area (Å²) >= 11 is 11.9. The fourth-order valence-electron chi connectivity index (χ4n) is 2.17. The van der Waals surface area contributed by atoms with Gasteiger partial charge in [0, 0.05) is 11.1 Å². The van der Waals surface area contributed by atoms with Crippen LogP contribution >= 0.6 is 23.2 Å². The van der Waals surface area contributed by atoms with Crippen LogP contribution in [0.2, 0.25) is 10.0 Å². The smallest absolute Gasteiger partial charge is 0.277 e. The van der Waals surface area contributed by atoms with Gasteiger partial charge in [0.1, 0.15) is 24.0 Å². The first kappa shape index (κ1) is 16.7. The van der Waals surface area contributed by atoms with Gasteiger partial charge in [-0.05, 0) is 24.3 Å². The van der Waals surface area contributed by atoms with E-state index in [4.69, 9.17) is 27.9 Å². The van der Waals surface area contributed by atoms with Crippen molar-refractivity contribution in [2.45, 2.75) is 12.6 Å². The zero-order chi connectivity index (χ0) is 17.1. The summed E-state index contributed by atoms with van der Waals surface area (Å²) in [6.07, 6.45) is -0.965. The lowest BCUT2D eigenvalue weighted by Crippen LogP contribution is -2.32. The number of aromatic nitrogens is 3. The zero-order valence-corrected chi connectivity index (χ0v) is 13.9. The van der Waals surface area contributed by atoms with Gasteiger partial charge >= 0.3 is 0 Å². The van der Waals surface area contributed by atoms with Crippen molar-refractivity contribution >= 4 is 34.1 Å². The molecule has 0 amide bonds. The fraction of sp³-hybridized carbons (Fsp3) is 0.188. The molecule has 2 aromatic carbocycles. The van der Waals surface area contributed by atoms with E-state index < -0.39 is 6.10 Å². The first-order valence-electron chi connectivity index (χ1n) is 7.13. The predicted molar refractivity (Wildman–Crippen MR) is 91.8 cm³/mol. The van der Waals surface area contributed by atoms with E-state index in [0.717, 1.165) is 4.68 Å². The molecule has 8 heteroatoms. The normalized spacial score (nSPS) is 12.3. The van der Waals surface area contributed by atoms with Gasteiger partial charge in [0.05, 0.1) is 17.0 Å². The average molecular weight is 366 g/mol. The summed E-state index contributed by atoms with van der Waals surface area (Å²) in [5, 5.41) is 19.2. The monoisotopic (exact) mass is 365 g/mol. The Morgan fingerprint density at radius 3 is 2.83 bits per heavy atom. The van der Waals surface area contributed by atoms with E-state index in [2.05, 4.69) is 10.3 Å². The van der Waals surface area contributed by atoms with E-state index >= 15 is 0 Å². The number of aliphatic hydroxyl groups is 1. The first-order chi connectivity index (χ1) is 11.5. The van der Waals surface area contributed by atoms with Crippen LogP contribution < -0.4 is 10.3 Å². The van der Waals surface area contributed by atoms with Crippen molar-refractivity contribution in [2.24, 2.45) is 0 Å². The zero-order valence-electron chi connectivity index (χ0n) is 12.4. The van der Waals surface area contributed by atoms with Crippen LogP contribution in [0.1, 0.15) is 0 Å². The summed E-state index contributed by atoms with van der Waals surface area (Å²) in [5.41, 5.74) is 0.190. The van der Waals surface area contributed by atoms with Gasteiger partial charge in [0.2, 0.25) is 0 Å². The number of hydrogen-bond donors (Lipinski definition) is 1. The summed E-state index contributed by atoms with van der Waals surface area (Å²) in [6, 6.07) is 11.7. The SMILES string of the molecule is O=c1c2ccccc2nnn1CC(O)COc1cc(Cl)ccc1Cl. The maximum Gasteiger partial charge on any atom is 0.277 e. The minimum absolute atomic E-state index is 0.0468. The second-order valence-electron chi connectivity index (χ2n) is 5.13. The fourth-order valence-corrected chi connectivity index (χ4v) is 2.50. The van der Waals surface area contributed by atoms with Crippen LogP contribution in [0.4, 0.5) is 0 Å². The molecule has 0 aliphatic carbocycles. The summed E-state index contributed by atoms with van der Waals surface area (Å²) in [4.78, 5) is 12.3. The second-order valence-corrected chi connectivity index (χ2v) is 5.98. The summed E-state index contributed by atoms with van der Waals surface area (Å²) in [6.45, 7) is -0.115. The second kappa shape index (κ2) is 7.17. The molecule has 0 aliphatic heterocycles. The molecule has 1 N–H and O–H groups in total. The van der Waals surface area contributed by atoms with Gasteiger partial charge in [0.25, 0.3) is 5.56 Å². The molecule has 3 rings (SSSR count). The molecular formula is C16H13Cl2N3O3. The first-order valence-corrected chi connectivity index (χ1v) is 7.88. The van der Waals surface area contributed by atoms with Gasteiger partial charge in [-0.1, -0.05) is 40.5 Å². The van der Waals surface area contributed by atoms with Gasteiger partial charge in [0.15, 0.2) is 0 Å². The molecule has 24 heavy (non-hydrogen) atoms. The highest BCUT2D eigenvalue weighted by atomic mass is 35.5. The van der Waals surface area contributed by atoms with Crippen LogP contribution in [0.3, 0.4) is 0 Å². The van der Waals surface area contributed by atoms with E-state index in [0.29, 0.717) is 26.7 Å². The lowest BCUT2D eigenvalue weighted by Gasteiger charge is -2.14. The maximum atomic E-state index is 12.3. The van der Waals surface area contributed by atoms with E-state index in [9.17, 15) is 9.90 Å². The van der Waals surface area contributed by atoms with Crippen molar-refractivity contribution in [2.75, 3.05) is 6.61 Å². The van der Waals surface area contributed by atoms with Gasteiger partial charge in [-0.15, -0.1) is 5.10 Å². The highest BCUT2D eigenvalue weighted by molar-refractivity contribution is 6.34. The van der Waals surface area contributed by atoms with E-state index in [1.807, 2.05) is 0 Å². The van der Waals surface area contributed by atoms with Crippen LogP contribution in [0.15, 0.2) is 47.3 Å². The molecule has 0 saturated carbocycles. The number of halogens is 2. The number of fused-ring (bicyclic) bond motifs is 1. The number of benzene rings is 2. The van der Waals surface area contributed by atoms with Crippen LogP contribution in [0.25, 0.3) is 10.9 Å². The number of hydrogen-bond acceptors (Lipinski definition) is 5. The molecular weight excluding hydrogens is 353 g/mol. The minimum atomic E-state index is -0.965. The number of rotatable bonds is 5. The van der Waals surface area contributed by atoms with Crippen LogP contribution in [0, 0.1) is 0 Å². The Kier molecular flexibility index (Phi) is 4.99. The number of aliphatic hydroxyl groups excluding tert-OH is 1. The van der Waals surface area contributed by atoms with E-state index in [-0.39, 0.29) is 18.7 Å². The van der Waals surface area contributed by atoms with E-state index in [1.165, 1.54) is 0 Å². The third-order valence-corrected chi connectivity index (χ3v) is 3.88. The molecule has 124 valence electrons. The molecule has 6 nitrogen and oxygen atoms in total. The van der Waals surface area contributed by atoms with Gasteiger partial charge < -0.3 is 9.84 Å². The Balaban J connectivity index is 1.71. The average Bonchev–Trinajstić information content (AvgIpc) is 2.58. The molecule has 0 fully saturated rings. The number of ether oxygens (including phenoxy) is 1. The van der Waals surface area contributed by atoms with Crippen molar-refractivity contribution in [3.63, 3.8) is 0 Å². The molecule has 1 aromatic heterocycles. The van der Waals surface area contributed by atoms with Crippen molar-refractivity contribution in [1.29, 1.82) is 0 Å². The third-order valence-electron chi connectivity index (χ3n) is 3.34. The molecule has 1 atom stereocenters. The largest absolute Gasteiger partial charge is 0.489 e. The summed E-state index contributed by atoms with van der Waals surface area (Å²) in [7, 11) is 0. The molecule has 0 radical (unpaired) electrons. The van der Waals surface area contributed by atoms with Crippen molar-refractivity contribution < 1.29 is 9.84 Å². The Morgan fingerprint density at radius 1 is 1.21 bits per heavy atom. The Labute approximate surface area is 147 Å². The molecule has 3 aromatic rings. The molecule has 0 bridgehead atoms. The lowest BCUT2D eigenvalue weighted by molar-refractivity contribution is 0.0873. The Bertz CT molecular complexity index is 930.